The van der Waals surface area contributed by atoms with Crippen LogP contribution in [0, 0.1) is 11.3 Å². The fourth-order valence-electron chi connectivity index (χ4n) is 0.938. The van der Waals surface area contributed by atoms with Gasteiger partial charge in [-0.15, -0.1) is 0 Å². The third-order valence-corrected chi connectivity index (χ3v) is 1.49. The lowest BCUT2D eigenvalue weighted by atomic mass is 10.0. The van der Waals surface area contributed by atoms with Crippen molar-refractivity contribution in [2.24, 2.45) is 0 Å². The van der Waals surface area contributed by atoms with E-state index in [0.717, 1.165) is 6.08 Å². The molecule has 74 valence electrons. The maximum atomic E-state index is 10.7. The van der Waals surface area contributed by atoms with Crippen LogP contribution in [0.3, 0.4) is 0 Å². The predicted molar refractivity (Wildman–Crippen MR) is 47.3 cm³/mol. The maximum Gasteiger partial charge on any atom is 0.336 e. The van der Waals surface area contributed by atoms with Crippen molar-refractivity contribution in [3.8, 4) is 6.07 Å². The summed E-state index contributed by atoms with van der Waals surface area (Å²) in [6, 6.07) is 1.67. The summed E-state index contributed by atoms with van der Waals surface area (Å²) in [6.45, 7) is 2.65. The van der Waals surface area contributed by atoms with E-state index in [2.05, 4.69) is 0 Å². The summed E-state index contributed by atoms with van der Waals surface area (Å²) in [5.74, 6) is -2.55. The Hall–Kier alpha value is -2.09. The number of rotatable bonds is 3. The minimum atomic E-state index is -1.31. The molecule has 0 aliphatic carbocycles. The first-order chi connectivity index (χ1) is 6.40. The molecule has 2 N–H and O–H groups in total. The second kappa shape index (κ2) is 4.82. The Labute approximate surface area is 80.6 Å². The molecule has 0 aromatic rings. The summed E-state index contributed by atoms with van der Waals surface area (Å²) >= 11 is 0. The van der Waals surface area contributed by atoms with Gasteiger partial charge in [0.05, 0.1) is 11.6 Å². The predicted octanol–water partition coefficient (Wildman–Crippen LogP) is 0.942. The van der Waals surface area contributed by atoms with Gasteiger partial charge in [-0.05, 0) is 19.4 Å². The van der Waals surface area contributed by atoms with Crippen LogP contribution in [0.1, 0.15) is 13.8 Å². The number of hydrogen-bond acceptors (Lipinski definition) is 3. The number of carboxylic acid groups (broad SMARTS) is 2. The fraction of sp³-hybridized carbons (Fsp3) is 0.222. The van der Waals surface area contributed by atoms with Crippen molar-refractivity contribution in [3.05, 3.63) is 22.8 Å². The Morgan fingerprint density at radius 3 is 2.07 bits per heavy atom. The Balaban J connectivity index is 5.40. The van der Waals surface area contributed by atoms with Crippen LogP contribution in [-0.2, 0) is 9.59 Å². The quantitative estimate of drug-likeness (QED) is 0.396. The smallest absolute Gasteiger partial charge is 0.336 e. The number of nitriles is 1. The molecule has 0 saturated carbocycles. The van der Waals surface area contributed by atoms with Crippen molar-refractivity contribution in [1.82, 2.24) is 0 Å². The highest BCUT2D eigenvalue weighted by Gasteiger charge is 2.14. The summed E-state index contributed by atoms with van der Waals surface area (Å²) in [5.41, 5.74) is -0.244. The van der Waals surface area contributed by atoms with E-state index in [1.165, 1.54) is 13.8 Å². The van der Waals surface area contributed by atoms with E-state index in [1.54, 1.807) is 6.07 Å². The van der Waals surface area contributed by atoms with Crippen LogP contribution in [0.15, 0.2) is 22.8 Å². The standard InChI is InChI=1S/C9H9NO4/c1-5(3-7(11)12)8(9(13)14)6(2)4-10/h3H,1-2H3,(H,11,12)(H,13,14)/b5-3-,8-6+. The van der Waals surface area contributed by atoms with E-state index in [1.807, 2.05) is 0 Å². The molecule has 0 aliphatic heterocycles. The minimum Gasteiger partial charge on any atom is -0.478 e. The van der Waals surface area contributed by atoms with Gasteiger partial charge in [-0.1, -0.05) is 0 Å². The molecule has 0 aromatic carbocycles. The van der Waals surface area contributed by atoms with E-state index in [-0.39, 0.29) is 16.7 Å². The van der Waals surface area contributed by atoms with Gasteiger partial charge < -0.3 is 10.2 Å². The molecular weight excluding hydrogens is 186 g/mol. The zero-order valence-electron chi connectivity index (χ0n) is 7.74. The van der Waals surface area contributed by atoms with E-state index in [4.69, 9.17) is 15.5 Å². The molecular formula is C9H9NO4. The molecule has 0 spiro atoms. The van der Waals surface area contributed by atoms with Crippen molar-refractivity contribution >= 4 is 11.9 Å². The normalized spacial score (nSPS) is 12.8. The van der Waals surface area contributed by atoms with Crippen molar-refractivity contribution in [1.29, 1.82) is 5.26 Å². The van der Waals surface area contributed by atoms with Crippen LogP contribution < -0.4 is 0 Å². The summed E-state index contributed by atoms with van der Waals surface area (Å²) in [7, 11) is 0. The molecule has 5 nitrogen and oxygen atoms in total. The first kappa shape index (κ1) is 11.9. The number of nitrogens with zero attached hydrogens (tertiary/aromatic N) is 1. The van der Waals surface area contributed by atoms with E-state index < -0.39 is 11.9 Å². The van der Waals surface area contributed by atoms with Gasteiger partial charge >= 0.3 is 11.9 Å². The molecule has 0 aliphatic rings. The first-order valence-corrected chi connectivity index (χ1v) is 3.66. The fourth-order valence-corrected chi connectivity index (χ4v) is 0.938. The SMILES string of the molecule is CC(=C/C(=O)O)/C(C(=O)O)=C(/C)C#N. The Kier molecular flexibility index (Phi) is 4.10. The Morgan fingerprint density at radius 2 is 1.79 bits per heavy atom. The lowest BCUT2D eigenvalue weighted by Gasteiger charge is -2.01. The molecule has 0 rings (SSSR count). The second-order valence-corrected chi connectivity index (χ2v) is 2.58. The average Bonchev–Trinajstić information content (AvgIpc) is 2.01. The summed E-state index contributed by atoms with van der Waals surface area (Å²) in [4.78, 5) is 21.0. The topological polar surface area (TPSA) is 98.4 Å². The molecule has 0 bridgehead atoms. The molecule has 0 saturated heterocycles. The Bertz CT molecular complexity index is 371. The molecule has 14 heavy (non-hydrogen) atoms. The van der Waals surface area contributed by atoms with Crippen LogP contribution in [-0.4, -0.2) is 22.2 Å². The number of aliphatic carboxylic acids is 2. The highest BCUT2D eigenvalue weighted by molar-refractivity contribution is 5.95. The molecule has 0 radical (unpaired) electrons. The molecule has 0 fully saturated rings. The van der Waals surface area contributed by atoms with E-state index in [9.17, 15) is 9.59 Å². The molecule has 0 aromatic heterocycles. The number of carbonyl (C=O) groups is 2. The van der Waals surface area contributed by atoms with Crippen molar-refractivity contribution in [3.63, 3.8) is 0 Å². The van der Waals surface area contributed by atoms with Crippen LogP contribution in [0.2, 0.25) is 0 Å². The molecule has 0 heterocycles. The lowest BCUT2D eigenvalue weighted by Crippen LogP contribution is -2.06. The highest BCUT2D eigenvalue weighted by atomic mass is 16.4. The van der Waals surface area contributed by atoms with Gasteiger partial charge in [0.15, 0.2) is 0 Å². The summed E-state index contributed by atoms with van der Waals surface area (Å²) in [5, 5.41) is 25.6. The number of carboxylic acids is 2. The number of allylic oxidation sites excluding steroid dienone is 1. The van der Waals surface area contributed by atoms with E-state index >= 15 is 0 Å². The Morgan fingerprint density at radius 1 is 1.29 bits per heavy atom. The van der Waals surface area contributed by atoms with Crippen LogP contribution in [0.25, 0.3) is 0 Å². The summed E-state index contributed by atoms with van der Waals surface area (Å²) < 4.78 is 0. The van der Waals surface area contributed by atoms with Gasteiger partial charge in [0.1, 0.15) is 0 Å². The molecule has 5 heteroatoms. The number of hydrogen-bond donors (Lipinski definition) is 2. The van der Waals surface area contributed by atoms with Gasteiger partial charge in [0.25, 0.3) is 0 Å². The van der Waals surface area contributed by atoms with E-state index in [0.29, 0.717) is 0 Å². The summed E-state index contributed by atoms with van der Waals surface area (Å²) in [6.07, 6.45) is 0.754. The molecule has 0 amide bonds. The largest absolute Gasteiger partial charge is 0.478 e. The lowest BCUT2D eigenvalue weighted by molar-refractivity contribution is -0.132. The average molecular weight is 195 g/mol. The van der Waals surface area contributed by atoms with Gasteiger partial charge in [-0.2, -0.15) is 5.26 Å². The second-order valence-electron chi connectivity index (χ2n) is 2.58. The van der Waals surface area contributed by atoms with Crippen LogP contribution >= 0.6 is 0 Å². The van der Waals surface area contributed by atoms with Crippen LogP contribution in [0.4, 0.5) is 0 Å². The maximum absolute atomic E-state index is 10.7. The first-order valence-electron chi connectivity index (χ1n) is 3.66. The van der Waals surface area contributed by atoms with Crippen molar-refractivity contribution in [2.75, 3.05) is 0 Å². The zero-order chi connectivity index (χ0) is 11.3. The zero-order valence-corrected chi connectivity index (χ0v) is 7.74. The van der Waals surface area contributed by atoms with Gasteiger partial charge in [-0.25, -0.2) is 9.59 Å². The van der Waals surface area contributed by atoms with Gasteiger partial charge in [0.2, 0.25) is 0 Å². The van der Waals surface area contributed by atoms with Crippen molar-refractivity contribution < 1.29 is 19.8 Å². The third-order valence-electron chi connectivity index (χ3n) is 1.49. The highest BCUT2D eigenvalue weighted by Crippen LogP contribution is 2.14. The molecule has 0 atom stereocenters. The monoisotopic (exact) mass is 195 g/mol. The minimum absolute atomic E-state index is 0.0208. The van der Waals surface area contributed by atoms with Gasteiger partial charge in [-0.3, -0.25) is 0 Å². The third kappa shape index (κ3) is 3.11. The van der Waals surface area contributed by atoms with Crippen molar-refractivity contribution in [2.45, 2.75) is 13.8 Å². The van der Waals surface area contributed by atoms with Gasteiger partial charge in [0, 0.05) is 11.6 Å². The van der Waals surface area contributed by atoms with Crippen LogP contribution in [0.5, 0.6) is 0 Å². The molecule has 0 unspecified atom stereocenters.